The first-order chi connectivity index (χ1) is 9.70. The van der Waals surface area contributed by atoms with Crippen LogP contribution in [0.3, 0.4) is 0 Å². The van der Waals surface area contributed by atoms with Gasteiger partial charge in [-0.3, -0.25) is 0 Å². The molecule has 2 aliphatic rings. The maximum atomic E-state index is 14.1. The van der Waals surface area contributed by atoms with Crippen molar-refractivity contribution in [3.8, 4) is 0 Å². The molecule has 1 aliphatic carbocycles. The minimum atomic E-state index is -0.665. The Kier molecular flexibility index (Phi) is 3.74. The Balaban J connectivity index is 1.94. The lowest BCUT2D eigenvalue weighted by Gasteiger charge is -2.44. The Morgan fingerprint density at radius 2 is 2.10 bits per heavy atom. The molecule has 0 aromatic carbocycles. The lowest BCUT2D eigenvalue weighted by molar-refractivity contribution is -0.00924. The number of anilines is 2. The van der Waals surface area contributed by atoms with E-state index in [-0.39, 0.29) is 23.8 Å². The summed E-state index contributed by atoms with van der Waals surface area (Å²) in [4.78, 5) is 6.06. The minimum Gasteiger partial charge on any atom is -0.374 e. The predicted octanol–water partition coefficient (Wildman–Crippen LogP) is 2.55. The number of halogens is 2. The minimum absolute atomic E-state index is 0.0836. The van der Waals surface area contributed by atoms with Crippen LogP contribution < -0.4 is 10.2 Å². The van der Waals surface area contributed by atoms with Crippen LogP contribution in [-0.2, 0) is 4.74 Å². The predicted molar refractivity (Wildman–Crippen MR) is 73.0 cm³/mol. The molecule has 1 aliphatic heterocycles. The maximum Gasteiger partial charge on any atom is 0.168 e. The molecular weight excluding hydrogens is 264 g/mol. The fourth-order valence-electron chi connectivity index (χ4n) is 3.19. The molecular formula is C14H19F2N3O. The van der Waals surface area contributed by atoms with Crippen LogP contribution in [0, 0.1) is 11.6 Å². The number of morpholine rings is 1. The van der Waals surface area contributed by atoms with Gasteiger partial charge < -0.3 is 15.0 Å². The van der Waals surface area contributed by atoms with Gasteiger partial charge in [-0.2, -0.15) is 0 Å². The van der Waals surface area contributed by atoms with Gasteiger partial charge in [-0.25, -0.2) is 13.8 Å². The Hall–Kier alpha value is -1.43. The van der Waals surface area contributed by atoms with E-state index in [9.17, 15) is 8.78 Å². The van der Waals surface area contributed by atoms with E-state index < -0.39 is 11.6 Å². The summed E-state index contributed by atoms with van der Waals surface area (Å²) in [6, 6.07) is 1.05. The number of hydrogen-bond donors (Lipinski definition) is 1. The van der Waals surface area contributed by atoms with Crippen molar-refractivity contribution in [2.75, 3.05) is 30.4 Å². The highest BCUT2D eigenvalue weighted by atomic mass is 19.1. The van der Waals surface area contributed by atoms with E-state index in [1.807, 2.05) is 4.90 Å². The van der Waals surface area contributed by atoms with Crippen molar-refractivity contribution in [2.45, 2.75) is 37.8 Å². The molecule has 4 nitrogen and oxygen atoms in total. The van der Waals surface area contributed by atoms with Gasteiger partial charge in [0.05, 0.1) is 18.8 Å². The number of pyridine rings is 1. The number of nitrogens with one attached hydrogen (secondary N) is 1. The van der Waals surface area contributed by atoms with Crippen LogP contribution in [0.5, 0.6) is 0 Å². The molecule has 2 atom stereocenters. The average Bonchev–Trinajstić information content (AvgIpc) is 2.47. The summed E-state index contributed by atoms with van der Waals surface area (Å²) in [6.45, 7) is 1.16. The summed E-state index contributed by atoms with van der Waals surface area (Å²) in [5.74, 6) is -0.953. The van der Waals surface area contributed by atoms with Crippen LogP contribution in [0.25, 0.3) is 0 Å². The normalized spacial score (nSPS) is 26.2. The van der Waals surface area contributed by atoms with Crippen LogP contribution in [0.1, 0.15) is 25.7 Å². The van der Waals surface area contributed by atoms with Crippen molar-refractivity contribution in [3.05, 3.63) is 17.7 Å². The zero-order valence-corrected chi connectivity index (χ0v) is 11.5. The molecule has 1 N–H and O–H groups in total. The van der Waals surface area contributed by atoms with Crippen molar-refractivity contribution in [1.29, 1.82) is 0 Å². The highest BCUT2D eigenvalue weighted by molar-refractivity contribution is 5.50. The average molecular weight is 283 g/mol. The third kappa shape index (κ3) is 2.32. The third-order valence-electron chi connectivity index (χ3n) is 4.15. The molecule has 2 unspecified atom stereocenters. The van der Waals surface area contributed by atoms with E-state index >= 15 is 0 Å². The lowest BCUT2D eigenvalue weighted by atomic mass is 9.90. The second-order valence-corrected chi connectivity index (χ2v) is 5.33. The van der Waals surface area contributed by atoms with Crippen LogP contribution in [0.2, 0.25) is 0 Å². The molecule has 1 aromatic rings. The third-order valence-corrected chi connectivity index (χ3v) is 4.15. The number of ether oxygens (including phenoxy) is 1. The van der Waals surface area contributed by atoms with Gasteiger partial charge >= 0.3 is 0 Å². The van der Waals surface area contributed by atoms with Crippen molar-refractivity contribution >= 4 is 11.6 Å². The summed E-state index contributed by atoms with van der Waals surface area (Å²) in [5, 5.41) is 2.66. The number of fused-ring (bicyclic) bond motifs is 1. The molecule has 2 heterocycles. The number of aromatic nitrogens is 1. The van der Waals surface area contributed by atoms with Gasteiger partial charge in [0.2, 0.25) is 0 Å². The zero-order valence-electron chi connectivity index (χ0n) is 11.5. The second kappa shape index (κ2) is 5.52. The van der Waals surface area contributed by atoms with Crippen LogP contribution in [0.4, 0.5) is 20.4 Å². The molecule has 3 rings (SSSR count). The first-order valence-electron chi connectivity index (χ1n) is 7.12. The zero-order chi connectivity index (χ0) is 14.1. The SMILES string of the molecule is CNc1nc(N2CCOC3CCCCC32)c(F)cc1F. The van der Waals surface area contributed by atoms with E-state index in [1.54, 1.807) is 7.05 Å². The Bertz CT molecular complexity index is 496. The van der Waals surface area contributed by atoms with Gasteiger partial charge in [-0.05, 0) is 12.8 Å². The number of nitrogens with zero attached hydrogens (tertiary/aromatic N) is 2. The van der Waals surface area contributed by atoms with Gasteiger partial charge in [0.25, 0.3) is 0 Å². The molecule has 110 valence electrons. The quantitative estimate of drug-likeness (QED) is 0.905. The molecule has 6 heteroatoms. The lowest BCUT2D eigenvalue weighted by Crippen LogP contribution is -2.53. The molecule has 0 bridgehead atoms. The monoisotopic (exact) mass is 283 g/mol. The summed E-state index contributed by atoms with van der Waals surface area (Å²) < 4.78 is 33.4. The molecule has 2 fully saturated rings. The molecule has 1 saturated heterocycles. The van der Waals surface area contributed by atoms with Gasteiger partial charge in [-0.15, -0.1) is 0 Å². The molecule has 20 heavy (non-hydrogen) atoms. The van der Waals surface area contributed by atoms with Crippen molar-refractivity contribution in [3.63, 3.8) is 0 Å². The van der Waals surface area contributed by atoms with Crippen molar-refractivity contribution in [2.24, 2.45) is 0 Å². The highest BCUT2D eigenvalue weighted by Gasteiger charge is 2.36. The van der Waals surface area contributed by atoms with E-state index in [0.29, 0.717) is 13.2 Å². The van der Waals surface area contributed by atoms with Gasteiger partial charge in [-0.1, -0.05) is 12.8 Å². The Morgan fingerprint density at radius 3 is 2.90 bits per heavy atom. The van der Waals surface area contributed by atoms with E-state index in [0.717, 1.165) is 31.7 Å². The van der Waals surface area contributed by atoms with E-state index in [2.05, 4.69) is 10.3 Å². The molecule has 0 spiro atoms. The summed E-state index contributed by atoms with van der Waals surface area (Å²) >= 11 is 0. The fraction of sp³-hybridized carbons (Fsp3) is 0.643. The van der Waals surface area contributed by atoms with Crippen LogP contribution in [0.15, 0.2) is 6.07 Å². The smallest absolute Gasteiger partial charge is 0.168 e. The van der Waals surface area contributed by atoms with Gasteiger partial charge in [0, 0.05) is 19.7 Å². The fourth-order valence-corrected chi connectivity index (χ4v) is 3.19. The van der Waals surface area contributed by atoms with Gasteiger partial charge in [0.1, 0.15) is 0 Å². The summed E-state index contributed by atoms with van der Waals surface area (Å²) in [7, 11) is 1.58. The van der Waals surface area contributed by atoms with Crippen molar-refractivity contribution < 1.29 is 13.5 Å². The molecule has 0 radical (unpaired) electrons. The first-order valence-corrected chi connectivity index (χ1v) is 7.12. The Labute approximate surface area is 117 Å². The summed E-state index contributed by atoms with van der Waals surface area (Å²) in [5.41, 5.74) is 0. The second-order valence-electron chi connectivity index (χ2n) is 5.33. The number of rotatable bonds is 2. The van der Waals surface area contributed by atoms with Crippen molar-refractivity contribution in [1.82, 2.24) is 4.98 Å². The molecule has 1 aromatic heterocycles. The Morgan fingerprint density at radius 1 is 1.30 bits per heavy atom. The van der Waals surface area contributed by atoms with Crippen LogP contribution >= 0.6 is 0 Å². The maximum absolute atomic E-state index is 14.1. The standard InChI is InChI=1S/C14H19F2N3O/c1-17-13-9(15)8-10(16)14(18-13)19-6-7-20-12-5-3-2-4-11(12)19/h8,11-12H,2-7H2,1H3,(H,17,18). The van der Waals surface area contributed by atoms with E-state index in [4.69, 9.17) is 4.74 Å². The first kappa shape index (κ1) is 13.5. The topological polar surface area (TPSA) is 37.4 Å². The molecule has 1 saturated carbocycles. The molecule has 0 amide bonds. The highest BCUT2D eigenvalue weighted by Crippen LogP contribution is 2.33. The largest absolute Gasteiger partial charge is 0.374 e. The van der Waals surface area contributed by atoms with E-state index in [1.165, 1.54) is 0 Å². The summed E-state index contributed by atoms with van der Waals surface area (Å²) in [6.07, 6.45) is 4.38. The van der Waals surface area contributed by atoms with Crippen LogP contribution in [-0.4, -0.2) is 37.3 Å². The number of hydrogen-bond acceptors (Lipinski definition) is 4. The van der Waals surface area contributed by atoms with Gasteiger partial charge in [0.15, 0.2) is 23.3 Å².